The van der Waals surface area contributed by atoms with Crippen LogP contribution in [-0.2, 0) is 11.6 Å². The fourth-order valence-electron chi connectivity index (χ4n) is 2.58. The Kier molecular flexibility index (Phi) is 4.24. The molecule has 0 spiro atoms. The van der Waals surface area contributed by atoms with E-state index in [0.29, 0.717) is 30.8 Å². The molecule has 1 atom stereocenters. The van der Waals surface area contributed by atoms with Crippen LogP contribution in [0.25, 0.3) is 0 Å². The van der Waals surface area contributed by atoms with Crippen LogP contribution in [-0.4, -0.2) is 24.3 Å². The van der Waals surface area contributed by atoms with E-state index in [1.54, 1.807) is 0 Å². The van der Waals surface area contributed by atoms with Crippen molar-refractivity contribution in [3.63, 3.8) is 0 Å². The molecule has 1 saturated heterocycles. The van der Waals surface area contributed by atoms with Gasteiger partial charge in [0.2, 0.25) is 0 Å². The van der Waals surface area contributed by atoms with Crippen molar-refractivity contribution in [3.8, 4) is 0 Å². The second-order valence-corrected chi connectivity index (χ2v) is 6.76. The summed E-state index contributed by atoms with van der Waals surface area (Å²) in [7, 11) is 0. The highest BCUT2D eigenvalue weighted by Crippen LogP contribution is 2.36. The monoisotopic (exact) mass is 301 g/mol. The van der Waals surface area contributed by atoms with Crippen molar-refractivity contribution in [2.45, 2.75) is 51.3 Å². The molecule has 0 aromatic heterocycles. The smallest absolute Gasteiger partial charge is 0.391 e. The van der Waals surface area contributed by atoms with Gasteiger partial charge in [-0.3, -0.25) is 0 Å². The van der Waals surface area contributed by atoms with Gasteiger partial charge in [-0.1, -0.05) is 20.8 Å². The Bertz CT molecular complexity index is 473. The summed E-state index contributed by atoms with van der Waals surface area (Å²) < 4.78 is 39.3. The first-order valence-corrected chi connectivity index (χ1v) is 7.23. The fourth-order valence-corrected chi connectivity index (χ4v) is 2.58. The minimum absolute atomic E-state index is 0.357. The number of piperidine rings is 1. The summed E-state index contributed by atoms with van der Waals surface area (Å²) in [6, 6.07) is 4.23. The molecule has 1 heterocycles. The van der Waals surface area contributed by atoms with Gasteiger partial charge in [-0.25, -0.2) is 0 Å². The van der Waals surface area contributed by atoms with Gasteiger partial charge in [0, 0.05) is 18.8 Å². The zero-order valence-electron chi connectivity index (χ0n) is 12.7. The fraction of sp³-hybridized carbons (Fsp3) is 0.625. The van der Waals surface area contributed by atoms with Gasteiger partial charge in [0.25, 0.3) is 0 Å². The lowest BCUT2D eigenvalue weighted by Gasteiger charge is -2.33. The van der Waals surface area contributed by atoms with Crippen LogP contribution in [0.4, 0.5) is 18.9 Å². The number of β-amino-alcohol motifs (C(OH)–C–C–N with tert-alkyl or cyclic N) is 1. The molecule has 21 heavy (non-hydrogen) atoms. The number of hydrogen-bond acceptors (Lipinski definition) is 2. The highest BCUT2D eigenvalue weighted by molar-refractivity contribution is 5.53. The largest absolute Gasteiger partial charge is 0.416 e. The number of alkyl halides is 3. The van der Waals surface area contributed by atoms with E-state index in [9.17, 15) is 18.3 Å². The first kappa shape index (κ1) is 16.1. The Labute approximate surface area is 123 Å². The summed E-state index contributed by atoms with van der Waals surface area (Å²) >= 11 is 0. The molecule has 1 aromatic carbocycles. The Morgan fingerprint density at radius 3 is 2.24 bits per heavy atom. The topological polar surface area (TPSA) is 23.5 Å². The lowest BCUT2D eigenvalue weighted by molar-refractivity contribution is -0.137. The summed E-state index contributed by atoms with van der Waals surface area (Å²) in [6.45, 7) is 6.78. The molecule has 1 fully saturated rings. The Morgan fingerprint density at radius 2 is 1.71 bits per heavy atom. The SMILES string of the molecule is CC(C)(C)c1cc(N2CCCC(O)C2)cc(C(F)(F)F)c1. The van der Waals surface area contributed by atoms with Crippen LogP contribution in [0.15, 0.2) is 18.2 Å². The molecule has 0 bridgehead atoms. The maximum atomic E-state index is 13.1. The molecule has 2 rings (SSSR count). The van der Waals surface area contributed by atoms with Crippen molar-refractivity contribution in [1.82, 2.24) is 0 Å². The van der Waals surface area contributed by atoms with Crippen LogP contribution in [0.2, 0.25) is 0 Å². The molecular formula is C16H22F3NO. The molecule has 1 N–H and O–H groups in total. The minimum atomic E-state index is -4.36. The summed E-state index contributed by atoms with van der Waals surface area (Å²) in [5.41, 5.74) is 0.232. The molecule has 118 valence electrons. The third-order valence-corrected chi connectivity index (χ3v) is 3.87. The Hall–Kier alpha value is -1.23. The van der Waals surface area contributed by atoms with Gasteiger partial charge in [0.1, 0.15) is 0 Å². The Balaban J connectivity index is 2.45. The van der Waals surface area contributed by atoms with Crippen LogP contribution < -0.4 is 4.90 Å². The molecule has 5 heteroatoms. The minimum Gasteiger partial charge on any atom is -0.391 e. The molecule has 0 aliphatic carbocycles. The number of anilines is 1. The lowest BCUT2D eigenvalue weighted by Crippen LogP contribution is -2.38. The summed E-state index contributed by atoms with van der Waals surface area (Å²) in [4.78, 5) is 1.85. The van der Waals surface area contributed by atoms with Gasteiger partial charge in [-0.2, -0.15) is 13.2 Å². The molecule has 0 saturated carbocycles. The van der Waals surface area contributed by atoms with E-state index in [4.69, 9.17) is 0 Å². The van der Waals surface area contributed by atoms with Crippen molar-refractivity contribution in [1.29, 1.82) is 0 Å². The van der Waals surface area contributed by atoms with Crippen LogP contribution in [0, 0.1) is 0 Å². The van der Waals surface area contributed by atoms with E-state index in [1.807, 2.05) is 31.7 Å². The van der Waals surface area contributed by atoms with Gasteiger partial charge in [-0.15, -0.1) is 0 Å². The predicted molar refractivity (Wildman–Crippen MR) is 77.6 cm³/mol. The van der Waals surface area contributed by atoms with Crippen molar-refractivity contribution >= 4 is 5.69 Å². The van der Waals surface area contributed by atoms with E-state index in [-0.39, 0.29) is 5.41 Å². The number of benzene rings is 1. The molecule has 2 nitrogen and oxygen atoms in total. The standard InChI is InChI=1S/C16H22F3NO/c1-15(2,3)11-7-12(16(17,18)19)9-13(8-11)20-6-4-5-14(21)10-20/h7-9,14,21H,4-6,10H2,1-3H3. The zero-order chi connectivity index (χ0) is 15.8. The van der Waals surface area contributed by atoms with E-state index >= 15 is 0 Å². The van der Waals surface area contributed by atoms with Gasteiger partial charge in [0.15, 0.2) is 0 Å². The van der Waals surface area contributed by atoms with Crippen LogP contribution in [0.5, 0.6) is 0 Å². The quantitative estimate of drug-likeness (QED) is 0.848. The maximum Gasteiger partial charge on any atom is 0.416 e. The molecule has 1 aliphatic rings. The van der Waals surface area contributed by atoms with Gasteiger partial charge in [-0.05, 0) is 42.0 Å². The second kappa shape index (κ2) is 5.52. The van der Waals surface area contributed by atoms with Gasteiger partial charge in [0.05, 0.1) is 11.7 Å². The van der Waals surface area contributed by atoms with E-state index in [1.165, 1.54) is 12.1 Å². The zero-order valence-corrected chi connectivity index (χ0v) is 12.7. The highest BCUT2D eigenvalue weighted by Gasteiger charge is 2.33. The molecule has 0 radical (unpaired) electrons. The molecule has 0 amide bonds. The number of aliphatic hydroxyl groups excluding tert-OH is 1. The predicted octanol–water partition coefficient (Wildman–Crippen LogP) is 3.96. The van der Waals surface area contributed by atoms with Gasteiger partial charge < -0.3 is 10.0 Å². The van der Waals surface area contributed by atoms with Crippen molar-refractivity contribution in [2.24, 2.45) is 0 Å². The number of nitrogens with zero attached hydrogens (tertiary/aromatic N) is 1. The second-order valence-electron chi connectivity index (χ2n) is 6.76. The molecule has 1 aromatic rings. The first-order chi connectivity index (χ1) is 9.57. The number of rotatable bonds is 1. The first-order valence-electron chi connectivity index (χ1n) is 7.23. The highest BCUT2D eigenvalue weighted by atomic mass is 19.4. The van der Waals surface area contributed by atoms with Crippen molar-refractivity contribution in [2.75, 3.05) is 18.0 Å². The summed E-state index contributed by atoms with van der Waals surface area (Å²) in [6.07, 6.45) is -3.32. The molecular weight excluding hydrogens is 279 g/mol. The number of aliphatic hydroxyl groups is 1. The normalized spacial score (nSPS) is 20.7. The molecule has 1 aliphatic heterocycles. The average molecular weight is 301 g/mol. The Morgan fingerprint density at radius 1 is 1.10 bits per heavy atom. The third-order valence-electron chi connectivity index (χ3n) is 3.87. The van der Waals surface area contributed by atoms with Crippen molar-refractivity contribution in [3.05, 3.63) is 29.3 Å². The van der Waals surface area contributed by atoms with Crippen LogP contribution in [0.3, 0.4) is 0 Å². The summed E-state index contributed by atoms with van der Waals surface area (Å²) in [5.74, 6) is 0. The maximum absolute atomic E-state index is 13.1. The van der Waals surface area contributed by atoms with Crippen LogP contribution >= 0.6 is 0 Å². The third kappa shape index (κ3) is 3.90. The molecule has 1 unspecified atom stereocenters. The van der Waals surface area contributed by atoms with E-state index in [0.717, 1.165) is 6.42 Å². The lowest BCUT2D eigenvalue weighted by atomic mass is 9.85. The summed E-state index contributed by atoms with van der Waals surface area (Å²) in [5, 5.41) is 9.74. The number of hydrogen-bond donors (Lipinski definition) is 1. The van der Waals surface area contributed by atoms with Crippen molar-refractivity contribution < 1.29 is 18.3 Å². The van der Waals surface area contributed by atoms with Crippen LogP contribution in [0.1, 0.15) is 44.7 Å². The number of halogens is 3. The van der Waals surface area contributed by atoms with Gasteiger partial charge >= 0.3 is 6.18 Å². The average Bonchev–Trinajstić information content (AvgIpc) is 2.36. The van der Waals surface area contributed by atoms with E-state index < -0.39 is 17.8 Å². The van der Waals surface area contributed by atoms with E-state index in [2.05, 4.69) is 0 Å².